The monoisotopic (exact) mass is 783 g/mol. The van der Waals surface area contributed by atoms with Gasteiger partial charge in [-0.15, -0.1) is 0 Å². The molecule has 1 fully saturated rings. The Kier molecular flexibility index (Phi) is 15.6. The predicted molar refractivity (Wildman–Crippen MR) is 218 cm³/mol. The number of amides is 1. The highest BCUT2D eigenvalue weighted by Gasteiger charge is 2.40. The molecule has 2 aromatic heterocycles. The maximum Gasteiger partial charge on any atom is 0.435 e. The van der Waals surface area contributed by atoms with E-state index in [1.807, 2.05) is 70.2 Å². The number of carbonyl (C=O) groups excluding carboxylic acids is 2. The van der Waals surface area contributed by atoms with E-state index < -0.39 is 17.4 Å². The molecule has 2 aliphatic rings. The summed E-state index contributed by atoms with van der Waals surface area (Å²) >= 11 is 1.33. The lowest BCUT2D eigenvalue weighted by molar-refractivity contribution is -0.141. The topological polar surface area (TPSA) is 90.6 Å². The average molecular weight is 784 g/mol. The van der Waals surface area contributed by atoms with E-state index in [9.17, 15) is 22.8 Å². The maximum absolute atomic E-state index is 14.0. The number of rotatable bonds is 11. The summed E-state index contributed by atoms with van der Waals surface area (Å²) in [5, 5.41) is 4.94. The van der Waals surface area contributed by atoms with Crippen molar-refractivity contribution in [3.05, 3.63) is 70.0 Å². The number of aromatic nitrogens is 3. The molecule has 6 rings (SSSR count). The molecular weight excluding hydrogens is 728 g/mol. The summed E-state index contributed by atoms with van der Waals surface area (Å²) in [6, 6.07) is 11.4. The van der Waals surface area contributed by atoms with Gasteiger partial charge in [0.1, 0.15) is 5.75 Å². The van der Waals surface area contributed by atoms with Gasteiger partial charge < -0.3 is 18.9 Å². The average Bonchev–Trinajstić information content (AvgIpc) is 3.62. The fourth-order valence-corrected chi connectivity index (χ4v) is 7.65. The molecule has 300 valence electrons. The molecule has 0 spiro atoms. The zero-order valence-corrected chi connectivity index (χ0v) is 34.4. The number of nitrogens with zero attached hydrogens (tertiary/aromatic N) is 4. The Morgan fingerprint density at radius 2 is 1.71 bits per heavy atom. The molecule has 2 aromatic carbocycles. The van der Waals surface area contributed by atoms with Gasteiger partial charge >= 0.3 is 6.18 Å². The van der Waals surface area contributed by atoms with Gasteiger partial charge in [-0.1, -0.05) is 60.5 Å². The van der Waals surface area contributed by atoms with Crippen molar-refractivity contribution in [1.29, 1.82) is 0 Å². The second-order valence-electron chi connectivity index (χ2n) is 13.8. The van der Waals surface area contributed by atoms with Crippen LogP contribution in [0.4, 0.5) is 13.2 Å². The van der Waals surface area contributed by atoms with Crippen molar-refractivity contribution in [1.82, 2.24) is 24.0 Å². The van der Waals surface area contributed by atoms with E-state index >= 15 is 0 Å². The minimum absolute atomic E-state index is 0.0910. The number of carbonyl (C=O) groups is 2. The Bertz CT molecular complexity index is 1950. The Morgan fingerprint density at radius 3 is 2.25 bits per heavy atom. The van der Waals surface area contributed by atoms with Crippen LogP contribution >= 0.6 is 11.9 Å². The number of allylic oxidation sites excluding steroid dienone is 1. The summed E-state index contributed by atoms with van der Waals surface area (Å²) in [6.45, 7) is 16.5. The van der Waals surface area contributed by atoms with Crippen molar-refractivity contribution in [2.24, 2.45) is 7.05 Å². The fourth-order valence-electron chi connectivity index (χ4n) is 7.19. The summed E-state index contributed by atoms with van der Waals surface area (Å²) in [6.07, 6.45) is 1.10. The van der Waals surface area contributed by atoms with Gasteiger partial charge in [0.2, 0.25) is 0 Å². The van der Waals surface area contributed by atoms with E-state index in [1.54, 1.807) is 7.11 Å². The van der Waals surface area contributed by atoms with Crippen LogP contribution in [0, 0.1) is 0 Å². The van der Waals surface area contributed by atoms with Gasteiger partial charge in [-0.2, -0.15) is 18.3 Å². The van der Waals surface area contributed by atoms with E-state index in [0.717, 1.165) is 90.0 Å². The van der Waals surface area contributed by atoms with Crippen LogP contribution in [0.1, 0.15) is 116 Å². The largest absolute Gasteiger partial charge is 0.497 e. The second kappa shape index (κ2) is 19.7. The molecule has 0 unspecified atom stereocenters. The number of alkyl halides is 3. The molecule has 55 heavy (non-hydrogen) atoms. The second-order valence-corrected chi connectivity index (χ2v) is 15.2. The van der Waals surface area contributed by atoms with Gasteiger partial charge in [0.15, 0.2) is 12.0 Å². The summed E-state index contributed by atoms with van der Waals surface area (Å²) < 4.78 is 58.8. The molecule has 9 nitrogen and oxygen atoms in total. The van der Waals surface area contributed by atoms with Crippen LogP contribution in [-0.2, 0) is 24.5 Å². The van der Waals surface area contributed by atoms with Gasteiger partial charge in [-0.3, -0.25) is 19.0 Å². The Morgan fingerprint density at radius 1 is 1.04 bits per heavy atom. The summed E-state index contributed by atoms with van der Waals surface area (Å²) in [4.78, 5) is 27.8. The number of halogens is 3. The first-order valence-electron chi connectivity index (χ1n) is 19.2. The van der Waals surface area contributed by atoms with Crippen molar-refractivity contribution >= 4 is 46.7 Å². The number of morpholine rings is 1. The van der Waals surface area contributed by atoms with E-state index in [1.165, 1.54) is 19.0 Å². The van der Waals surface area contributed by atoms with Crippen molar-refractivity contribution in [3.63, 3.8) is 0 Å². The number of hydrogen-bond acceptors (Lipinski definition) is 7. The zero-order chi connectivity index (χ0) is 40.4. The molecule has 0 atom stereocenters. The number of fused-ring (bicyclic) bond motifs is 5. The highest BCUT2D eigenvalue weighted by Crippen LogP contribution is 2.47. The Balaban J connectivity index is 0.000000664. The van der Waals surface area contributed by atoms with Crippen LogP contribution in [0.5, 0.6) is 5.75 Å². The molecule has 4 aromatic rings. The van der Waals surface area contributed by atoms with Crippen LogP contribution in [0.15, 0.2) is 36.4 Å². The first-order valence-corrected chi connectivity index (χ1v) is 20.1. The molecule has 0 bridgehead atoms. The Hall–Kier alpha value is -4.07. The number of likely N-dealkylation sites (N-methyl/N-ethyl adjacent to an activating group) is 1. The lowest BCUT2D eigenvalue weighted by Gasteiger charge is -2.21. The smallest absolute Gasteiger partial charge is 0.435 e. The van der Waals surface area contributed by atoms with Crippen LogP contribution in [0.25, 0.3) is 33.8 Å². The highest BCUT2D eigenvalue weighted by molar-refractivity contribution is 7.98. The standard InChI is InChI=1S/C35H39F3N4O3S.C5H11NO.C2H6/c1-7-9-21(10-8-2)30-27-13-11-22(34(44)40-46-20(3)4)17-29(27)42-18-24(15-23-16-25(45-6)12-14-26(23)32(30)42)31-28(19-43)33(35(36,37)38)39-41(31)5;1-6-2-4-7-5-3-6;1-2/h11-17,19-21H,7-10,18H2,1-6H3,(H,40,44);2-5H2,1H3;1-2H3. The van der Waals surface area contributed by atoms with Gasteiger partial charge in [-0.25, -0.2) is 0 Å². The lowest BCUT2D eigenvalue weighted by atomic mass is 9.86. The third kappa shape index (κ3) is 10.0. The van der Waals surface area contributed by atoms with Gasteiger partial charge in [0, 0.05) is 47.4 Å². The minimum Gasteiger partial charge on any atom is -0.497 e. The van der Waals surface area contributed by atoms with Crippen LogP contribution in [0.2, 0.25) is 0 Å². The number of methoxy groups -OCH3 is 1. The maximum atomic E-state index is 14.0. The molecule has 0 saturated carbocycles. The molecular formula is C42H56F3N5O4S. The molecule has 0 aliphatic carbocycles. The highest BCUT2D eigenvalue weighted by atomic mass is 32.2. The van der Waals surface area contributed by atoms with E-state index in [2.05, 4.69) is 40.2 Å². The van der Waals surface area contributed by atoms with Gasteiger partial charge in [0.05, 0.1) is 43.8 Å². The van der Waals surface area contributed by atoms with Crippen LogP contribution in [-0.4, -0.2) is 77.2 Å². The van der Waals surface area contributed by atoms with Crippen LogP contribution in [0.3, 0.4) is 0 Å². The number of benzene rings is 2. The van der Waals surface area contributed by atoms with Crippen molar-refractivity contribution in [2.45, 2.75) is 91.1 Å². The summed E-state index contributed by atoms with van der Waals surface area (Å²) in [5.41, 5.74) is 3.87. The van der Waals surface area contributed by atoms with Gasteiger partial charge in [0.25, 0.3) is 5.91 Å². The van der Waals surface area contributed by atoms with Crippen molar-refractivity contribution in [2.75, 3.05) is 40.5 Å². The molecule has 1 saturated heterocycles. The van der Waals surface area contributed by atoms with Crippen molar-refractivity contribution in [3.8, 4) is 17.0 Å². The zero-order valence-electron chi connectivity index (χ0n) is 33.6. The molecule has 0 radical (unpaired) electrons. The number of nitrogens with one attached hydrogen (secondary N) is 1. The third-order valence-electron chi connectivity index (χ3n) is 9.62. The van der Waals surface area contributed by atoms with Crippen LogP contribution < -0.4 is 9.46 Å². The first kappa shape index (κ1) is 43.7. The molecule has 2 aliphatic heterocycles. The summed E-state index contributed by atoms with van der Waals surface area (Å²) in [5.74, 6) is 0.577. The molecule has 1 amide bonds. The molecule has 1 N–H and O–H groups in total. The number of ether oxygens (including phenoxy) is 2. The summed E-state index contributed by atoms with van der Waals surface area (Å²) in [7, 11) is 5.10. The number of aldehydes is 1. The third-order valence-corrected chi connectivity index (χ3v) is 10.4. The van der Waals surface area contributed by atoms with E-state index in [-0.39, 0.29) is 35.6 Å². The normalized spacial score (nSPS) is 14.3. The van der Waals surface area contributed by atoms with Gasteiger partial charge in [-0.05, 0) is 90.9 Å². The first-order chi connectivity index (χ1) is 26.3. The molecule has 4 heterocycles. The van der Waals surface area contributed by atoms with E-state index in [0.29, 0.717) is 16.9 Å². The minimum atomic E-state index is -4.80. The lowest BCUT2D eigenvalue weighted by Crippen LogP contribution is -2.32. The fraction of sp³-hybridized carbons (Fsp3) is 0.500. The number of hydrogen-bond donors (Lipinski definition) is 1. The van der Waals surface area contributed by atoms with E-state index in [4.69, 9.17) is 9.47 Å². The Labute approximate surface area is 327 Å². The SMILES string of the molecule is CC.CCCC(CCC)c1c2n(c3cc(C(=O)NSC(C)C)ccc13)CC(c1c(C=O)c(C(F)(F)F)nn1C)=Cc1cc(OC)ccc1-2.CN1CCOCC1. The molecule has 13 heteroatoms. The van der Waals surface area contributed by atoms with Crippen molar-refractivity contribution < 1.29 is 32.2 Å². The number of aryl methyl sites for hydroxylation is 1. The predicted octanol–water partition coefficient (Wildman–Crippen LogP) is 9.88. The quantitative estimate of drug-likeness (QED) is 0.120.